The standard InChI is InChI=1S/C16H14F3N3O3/c17-16(18,19)10-1-7-13(8-2-10)25-9-14(23)21-11-3-5-12(6-4-11)22-15(20)24/h1-8H,9H2,(H,21,23)(H3,20,22,24). The van der Waals surface area contributed by atoms with Crippen LogP contribution < -0.4 is 21.1 Å². The number of nitrogens with two attached hydrogens (primary N) is 1. The molecule has 0 atom stereocenters. The Bertz CT molecular complexity index is 744. The van der Waals surface area contributed by atoms with Crippen molar-refractivity contribution in [3.8, 4) is 5.75 Å². The van der Waals surface area contributed by atoms with Gasteiger partial charge in [-0.1, -0.05) is 0 Å². The third-order valence-corrected chi connectivity index (χ3v) is 2.99. The van der Waals surface area contributed by atoms with E-state index in [1.165, 1.54) is 12.1 Å². The molecule has 2 rings (SSSR count). The van der Waals surface area contributed by atoms with Crippen molar-refractivity contribution in [1.82, 2.24) is 0 Å². The highest BCUT2D eigenvalue weighted by atomic mass is 19.4. The van der Waals surface area contributed by atoms with Gasteiger partial charge in [-0.05, 0) is 48.5 Å². The summed E-state index contributed by atoms with van der Waals surface area (Å²) >= 11 is 0. The molecule has 132 valence electrons. The van der Waals surface area contributed by atoms with Crippen LogP contribution in [0.5, 0.6) is 5.75 Å². The van der Waals surface area contributed by atoms with E-state index in [4.69, 9.17) is 10.5 Å². The first-order valence-electron chi connectivity index (χ1n) is 7.00. The molecule has 0 aliphatic rings. The lowest BCUT2D eigenvalue weighted by Crippen LogP contribution is -2.20. The van der Waals surface area contributed by atoms with E-state index >= 15 is 0 Å². The van der Waals surface area contributed by atoms with Gasteiger partial charge in [0.15, 0.2) is 6.61 Å². The zero-order valence-electron chi connectivity index (χ0n) is 12.8. The Balaban J connectivity index is 1.85. The molecule has 2 aromatic rings. The molecule has 0 aromatic heterocycles. The summed E-state index contributed by atoms with van der Waals surface area (Å²) in [5.74, 6) is -0.348. The molecular weight excluding hydrogens is 339 g/mol. The van der Waals surface area contributed by atoms with E-state index in [-0.39, 0.29) is 12.4 Å². The maximum atomic E-state index is 12.4. The first kappa shape index (κ1) is 18.1. The molecule has 2 aromatic carbocycles. The summed E-state index contributed by atoms with van der Waals surface area (Å²) in [5.41, 5.74) is 5.09. The highest BCUT2D eigenvalue weighted by Crippen LogP contribution is 2.30. The van der Waals surface area contributed by atoms with Crippen molar-refractivity contribution >= 4 is 23.3 Å². The number of amides is 3. The second kappa shape index (κ2) is 7.56. The molecule has 3 amide bonds. The first-order chi connectivity index (χ1) is 11.7. The van der Waals surface area contributed by atoms with E-state index in [1.807, 2.05) is 0 Å². The summed E-state index contributed by atoms with van der Waals surface area (Å²) in [5, 5.41) is 4.91. The van der Waals surface area contributed by atoms with E-state index in [9.17, 15) is 22.8 Å². The molecule has 0 radical (unpaired) electrons. The van der Waals surface area contributed by atoms with Gasteiger partial charge < -0.3 is 21.1 Å². The van der Waals surface area contributed by atoms with Crippen LogP contribution in [0.2, 0.25) is 0 Å². The Hall–Kier alpha value is -3.23. The van der Waals surface area contributed by atoms with Crippen molar-refractivity contribution in [2.24, 2.45) is 5.73 Å². The Labute approximate surface area is 140 Å². The molecule has 25 heavy (non-hydrogen) atoms. The number of anilines is 2. The summed E-state index contributed by atoms with van der Waals surface area (Å²) in [7, 11) is 0. The average Bonchev–Trinajstić information content (AvgIpc) is 2.54. The molecule has 0 saturated heterocycles. The molecule has 0 fully saturated rings. The number of hydrogen-bond acceptors (Lipinski definition) is 3. The lowest BCUT2D eigenvalue weighted by atomic mass is 10.2. The van der Waals surface area contributed by atoms with Crippen molar-refractivity contribution < 1.29 is 27.5 Å². The number of benzene rings is 2. The van der Waals surface area contributed by atoms with Crippen LogP contribution in [-0.2, 0) is 11.0 Å². The monoisotopic (exact) mass is 353 g/mol. The maximum absolute atomic E-state index is 12.4. The molecule has 0 spiro atoms. The van der Waals surface area contributed by atoms with Gasteiger partial charge in [0.1, 0.15) is 5.75 Å². The fourth-order valence-corrected chi connectivity index (χ4v) is 1.87. The number of carbonyl (C=O) groups is 2. The second-order valence-corrected chi connectivity index (χ2v) is 4.93. The van der Waals surface area contributed by atoms with E-state index in [0.29, 0.717) is 11.4 Å². The number of carbonyl (C=O) groups excluding carboxylic acids is 2. The van der Waals surface area contributed by atoms with Gasteiger partial charge in [0.25, 0.3) is 5.91 Å². The third kappa shape index (κ3) is 5.72. The van der Waals surface area contributed by atoms with E-state index in [2.05, 4.69) is 10.6 Å². The number of halogens is 3. The van der Waals surface area contributed by atoms with E-state index in [1.54, 1.807) is 12.1 Å². The number of urea groups is 1. The van der Waals surface area contributed by atoms with Crippen LogP contribution in [0.25, 0.3) is 0 Å². The van der Waals surface area contributed by atoms with Crippen LogP contribution >= 0.6 is 0 Å². The van der Waals surface area contributed by atoms with Gasteiger partial charge in [0.2, 0.25) is 0 Å². The molecule has 0 heterocycles. The summed E-state index contributed by atoms with van der Waals surface area (Å²) in [6.07, 6.45) is -4.43. The topological polar surface area (TPSA) is 93.5 Å². The molecular formula is C16H14F3N3O3. The molecule has 6 nitrogen and oxygen atoms in total. The predicted molar refractivity (Wildman–Crippen MR) is 85.2 cm³/mol. The molecule has 0 saturated carbocycles. The van der Waals surface area contributed by atoms with Crippen LogP contribution in [0.15, 0.2) is 48.5 Å². The predicted octanol–water partition coefficient (Wildman–Crippen LogP) is 3.21. The zero-order valence-corrected chi connectivity index (χ0v) is 12.8. The first-order valence-corrected chi connectivity index (χ1v) is 7.00. The average molecular weight is 353 g/mol. The van der Waals surface area contributed by atoms with Gasteiger partial charge in [-0.25, -0.2) is 4.79 Å². The fourth-order valence-electron chi connectivity index (χ4n) is 1.87. The van der Waals surface area contributed by atoms with Gasteiger partial charge in [-0.2, -0.15) is 13.2 Å². The number of rotatable bonds is 5. The zero-order chi connectivity index (χ0) is 18.4. The largest absolute Gasteiger partial charge is 0.484 e. The van der Waals surface area contributed by atoms with Gasteiger partial charge in [0.05, 0.1) is 5.56 Å². The van der Waals surface area contributed by atoms with Gasteiger partial charge in [0, 0.05) is 11.4 Å². The minimum Gasteiger partial charge on any atom is -0.484 e. The second-order valence-electron chi connectivity index (χ2n) is 4.93. The van der Waals surface area contributed by atoms with Crippen molar-refractivity contribution in [1.29, 1.82) is 0 Å². The van der Waals surface area contributed by atoms with Crippen LogP contribution in [0.3, 0.4) is 0 Å². The molecule has 9 heteroatoms. The number of ether oxygens (including phenoxy) is 1. The molecule has 0 aliphatic carbocycles. The summed E-state index contributed by atoms with van der Waals surface area (Å²) in [4.78, 5) is 22.5. The van der Waals surface area contributed by atoms with Crippen molar-refractivity contribution in [2.75, 3.05) is 17.2 Å². The van der Waals surface area contributed by atoms with E-state index in [0.717, 1.165) is 24.3 Å². The Kier molecular flexibility index (Phi) is 5.48. The number of nitrogens with one attached hydrogen (secondary N) is 2. The summed E-state index contributed by atoms with van der Waals surface area (Å²) in [6.45, 7) is -0.368. The smallest absolute Gasteiger partial charge is 0.416 e. The van der Waals surface area contributed by atoms with Crippen molar-refractivity contribution in [2.45, 2.75) is 6.18 Å². The minimum absolute atomic E-state index is 0.143. The lowest BCUT2D eigenvalue weighted by Gasteiger charge is -2.10. The van der Waals surface area contributed by atoms with Crippen LogP contribution in [-0.4, -0.2) is 18.5 Å². The highest BCUT2D eigenvalue weighted by Gasteiger charge is 2.30. The highest BCUT2D eigenvalue weighted by molar-refractivity contribution is 5.92. The molecule has 0 bridgehead atoms. The summed E-state index contributed by atoms with van der Waals surface area (Å²) in [6, 6.07) is 9.48. The third-order valence-electron chi connectivity index (χ3n) is 2.99. The molecule has 0 unspecified atom stereocenters. The van der Waals surface area contributed by atoms with Crippen LogP contribution in [0.4, 0.5) is 29.3 Å². The van der Waals surface area contributed by atoms with Gasteiger partial charge >= 0.3 is 12.2 Å². The lowest BCUT2D eigenvalue weighted by molar-refractivity contribution is -0.137. The van der Waals surface area contributed by atoms with E-state index < -0.39 is 23.7 Å². The Morgan fingerprint density at radius 2 is 1.44 bits per heavy atom. The summed E-state index contributed by atoms with van der Waals surface area (Å²) < 4.78 is 42.4. The molecule has 4 N–H and O–H groups in total. The normalized spacial score (nSPS) is 10.8. The fraction of sp³-hybridized carbons (Fsp3) is 0.125. The minimum atomic E-state index is -4.43. The van der Waals surface area contributed by atoms with Gasteiger partial charge in [-0.3, -0.25) is 4.79 Å². The Morgan fingerprint density at radius 1 is 0.920 bits per heavy atom. The number of hydrogen-bond donors (Lipinski definition) is 3. The quantitative estimate of drug-likeness (QED) is 0.770. The number of primary amides is 1. The van der Waals surface area contributed by atoms with Crippen molar-refractivity contribution in [3.63, 3.8) is 0 Å². The van der Waals surface area contributed by atoms with Crippen LogP contribution in [0, 0.1) is 0 Å². The maximum Gasteiger partial charge on any atom is 0.416 e. The number of alkyl halides is 3. The van der Waals surface area contributed by atoms with Crippen LogP contribution in [0.1, 0.15) is 5.56 Å². The Morgan fingerprint density at radius 3 is 1.92 bits per heavy atom. The van der Waals surface area contributed by atoms with Crippen molar-refractivity contribution in [3.05, 3.63) is 54.1 Å². The molecule has 0 aliphatic heterocycles. The van der Waals surface area contributed by atoms with Gasteiger partial charge in [-0.15, -0.1) is 0 Å². The SMILES string of the molecule is NC(=O)Nc1ccc(NC(=O)COc2ccc(C(F)(F)F)cc2)cc1.